The van der Waals surface area contributed by atoms with Crippen LogP contribution in [0.1, 0.15) is 33.1 Å². The Kier molecular flexibility index (Phi) is 4.51. The van der Waals surface area contributed by atoms with Gasteiger partial charge < -0.3 is 15.5 Å². The first-order valence-corrected chi connectivity index (χ1v) is 6.20. The van der Waals surface area contributed by atoms with Gasteiger partial charge >= 0.3 is 0 Å². The van der Waals surface area contributed by atoms with E-state index in [-0.39, 0.29) is 18.4 Å². The Bertz CT molecular complexity index is 296. The number of amides is 2. The Morgan fingerprint density at radius 3 is 2.35 bits per heavy atom. The summed E-state index contributed by atoms with van der Waals surface area (Å²) < 4.78 is 0. The summed E-state index contributed by atoms with van der Waals surface area (Å²) in [6, 6.07) is 0. The summed E-state index contributed by atoms with van der Waals surface area (Å²) in [5.41, 5.74) is 5.00. The monoisotopic (exact) mass is 241 g/mol. The van der Waals surface area contributed by atoms with Crippen molar-refractivity contribution in [2.45, 2.75) is 38.6 Å². The lowest BCUT2D eigenvalue weighted by atomic mass is 9.99. The van der Waals surface area contributed by atoms with Crippen molar-refractivity contribution in [2.24, 2.45) is 5.73 Å². The zero-order chi connectivity index (χ0) is 13.1. The van der Waals surface area contributed by atoms with Crippen LogP contribution in [0.4, 0.5) is 0 Å². The number of rotatable bonds is 4. The van der Waals surface area contributed by atoms with Gasteiger partial charge in [-0.1, -0.05) is 6.92 Å². The van der Waals surface area contributed by atoms with E-state index in [1.807, 2.05) is 11.8 Å². The van der Waals surface area contributed by atoms with Gasteiger partial charge in [-0.2, -0.15) is 0 Å². The van der Waals surface area contributed by atoms with Gasteiger partial charge in [0.05, 0.1) is 12.1 Å². The van der Waals surface area contributed by atoms with Gasteiger partial charge in [0.2, 0.25) is 11.8 Å². The van der Waals surface area contributed by atoms with E-state index in [2.05, 4.69) is 0 Å². The Labute approximate surface area is 103 Å². The average Bonchev–Trinajstić information content (AvgIpc) is 2.81. The van der Waals surface area contributed by atoms with Crippen LogP contribution in [0.2, 0.25) is 0 Å². The Balaban J connectivity index is 2.50. The molecule has 17 heavy (non-hydrogen) atoms. The minimum Gasteiger partial charge on any atom is -0.341 e. The zero-order valence-corrected chi connectivity index (χ0v) is 11.0. The van der Waals surface area contributed by atoms with Crippen molar-refractivity contribution in [3.63, 3.8) is 0 Å². The molecule has 1 saturated heterocycles. The van der Waals surface area contributed by atoms with Gasteiger partial charge in [0.25, 0.3) is 0 Å². The first-order valence-electron chi connectivity index (χ1n) is 6.20. The van der Waals surface area contributed by atoms with Crippen LogP contribution < -0.4 is 5.73 Å². The highest BCUT2D eigenvalue weighted by Crippen LogP contribution is 2.11. The van der Waals surface area contributed by atoms with Crippen LogP contribution in [-0.4, -0.2) is 53.8 Å². The second-order valence-corrected chi connectivity index (χ2v) is 5.02. The first-order chi connectivity index (χ1) is 7.88. The van der Waals surface area contributed by atoms with Crippen LogP contribution in [0.3, 0.4) is 0 Å². The highest BCUT2D eigenvalue weighted by Gasteiger charge is 2.31. The normalized spacial score (nSPS) is 18.9. The lowest BCUT2D eigenvalue weighted by molar-refractivity contribution is -0.141. The number of nitrogens with zero attached hydrogens (tertiary/aromatic N) is 2. The maximum Gasteiger partial charge on any atom is 0.242 e. The van der Waals surface area contributed by atoms with Crippen molar-refractivity contribution in [3.8, 4) is 0 Å². The van der Waals surface area contributed by atoms with Gasteiger partial charge in [-0.25, -0.2) is 0 Å². The quantitative estimate of drug-likeness (QED) is 0.764. The van der Waals surface area contributed by atoms with E-state index in [0.29, 0.717) is 6.42 Å². The number of carbonyl (C=O) groups excluding carboxylic acids is 2. The standard InChI is InChI=1S/C12H23N3O2/c1-4-12(2,13)11(17)14(3)9-10(16)15-7-5-6-8-15/h4-9,13H2,1-3H3. The Hall–Kier alpha value is -1.10. The summed E-state index contributed by atoms with van der Waals surface area (Å²) >= 11 is 0. The van der Waals surface area contributed by atoms with Gasteiger partial charge in [0.1, 0.15) is 0 Å². The maximum absolute atomic E-state index is 12.0. The van der Waals surface area contributed by atoms with Crippen molar-refractivity contribution in [3.05, 3.63) is 0 Å². The molecule has 98 valence electrons. The summed E-state index contributed by atoms with van der Waals surface area (Å²) in [6.45, 7) is 5.33. The lowest BCUT2D eigenvalue weighted by Gasteiger charge is -2.29. The summed E-state index contributed by atoms with van der Waals surface area (Å²) in [7, 11) is 1.64. The summed E-state index contributed by atoms with van der Waals surface area (Å²) in [6.07, 6.45) is 2.69. The van der Waals surface area contributed by atoms with E-state index in [0.717, 1.165) is 25.9 Å². The number of carbonyl (C=O) groups is 2. The van der Waals surface area contributed by atoms with E-state index in [4.69, 9.17) is 5.73 Å². The molecular weight excluding hydrogens is 218 g/mol. The van der Waals surface area contributed by atoms with Crippen molar-refractivity contribution in [1.29, 1.82) is 0 Å². The number of likely N-dealkylation sites (N-methyl/N-ethyl adjacent to an activating group) is 1. The molecule has 0 spiro atoms. The molecule has 1 rings (SSSR count). The highest BCUT2D eigenvalue weighted by molar-refractivity contribution is 5.89. The minimum absolute atomic E-state index is 0.0188. The predicted octanol–water partition coefficient (Wildman–Crippen LogP) is 0.195. The third-order valence-electron chi connectivity index (χ3n) is 3.40. The predicted molar refractivity (Wildman–Crippen MR) is 66.3 cm³/mol. The van der Waals surface area contributed by atoms with Crippen LogP contribution >= 0.6 is 0 Å². The molecule has 0 radical (unpaired) electrons. The maximum atomic E-state index is 12.0. The van der Waals surface area contributed by atoms with Gasteiger partial charge in [-0.15, -0.1) is 0 Å². The second-order valence-electron chi connectivity index (χ2n) is 5.02. The van der Waals surface area contributed by atoms with Crippen molar-refractivity contribution in [1.82, 2.24) is 9.80 Å². The van der Waals surface area contributed by atoms with Crippen molar-refractivity contribution < 1.29 is 9.59 Å². The van der Waals surface area contributed by atoms with Crippen LogP contribution in [0, 0.1) is 0 Å². The van der Waals surface area contributed by atoms with E-state index in [1.54, 1.807) is 14.0 Å². The zero-order valence-electron chi connectivity index (χ0n) is 11.0. The van der Waals surface area contributed by atoms with Crippen molar-refractivity contribution in [2.75, 3.05) is 26.7 Å². The number of hydrogen-bond acceptors (Lipinski definition) is 3. The Morgan fingerprint density at radius 1 is 1.35 bits per heavy atom. The lowest BCUT2D eigenvalue weighted by Crippen LogP contribution is -2.53. The molecule has 1 aliphatic rings. The molecule has 0 aliphatic carbocycles. The molecule has 1 atom stereocenters. The SMILES string of the molecule is CCC(C)(N)C(=O)N(C)CC(=O)N1CCCC1. The van der Waals surface area contributed by atoms with E-state index < -0.39 is 5.54 Å². The average molecular weight is 241 g/mol. The molecule has 2 N–H and O–H groups in total. The van der Waals surface area contributed by atoms with Crippen molar-refractivity contribution >= 4 is 11.8 Å². The topological polar surface area (TPSA) is 66.6 Å². The molecule has 1 fully saturated rings. The van der Waals surface area contributed by atoms with Gasteiger partial charge in [0.15, 0.2) is 0 Å². The van der Waals surface area contributed by atoms with Crippen LogP contribution in [0.25, 0.3) is 0 Å². The van der Waals surface area contributed by atoms with E-state index >= 15 is 0 Å². The fraction of sp³-hybridized carbons (Fsp3) is 0.833. The largest absolute Gasteiger partial charge is 0.341 e. The smallest absolute Gasteiger partial charge is 0.242 e. The molecule has 0 saturated carbocycles. The molecule has 5 heteroatoms. The molecule has 1 unspecified atom stereocenters. The molecule has 2 amide bonds. The molecule has 0 aromatic carbocycles. The van der Waals surface area contributed by atoms with Gasteiger partial charge in [0, 0.05) is 20.1 Å². The summed E-state index contributed by atoms with van der Waals surface area (Å²) in [4.78, 5) is 27.1. The molecule has 1 aliphatic heterocycles. The van der Waals surface area contributed by atoms with E-state index in [1.165, 1.54) is 4.90 Å². The number of likely N-dealkylation sites (tertiary alicyclic amines) is 1. The van der Waals surface area contributed by atoms with Gasteiger partial charge in [-0.3, -0.25) is 9.59 Å². The molecule has 0 aromatic rings. The first kappa shape index (κ1) is 14.0. The van der Waals surface area contributed by atoms with Crippen LogP contribution in [0.15, 0.2) is 0 Å². The summed E-state index contributed by atoms with van der Waals surface area (Å²) in [5.74, 6) is -0.155. The highest BCUT2D eigenvalue weighted by atomic mass is 16.2. The van der Waals surface area contributed by atoms with E-state index in [9.17, 15) is 9.59 Å². The molecular formula is C12H23N3O2. The molecule has 0 aromatic heterocycles. The second kappa shape index (κ2) is 5.49. The molecule has 5 nitrogen and oxygen atoms in total. The number of nitrogens with two attached hydrogens (primary N) is 1. The summed E-state index contributed by atoms with van der Waals surface area (Å²) in [5, 5.41) is 0. The molecule has 1 heterocycles. The fourth-order valence-electron chi connectivity index (χ4n) is 1.93. The minimum atomic E-state index is -0.875. The number of hydrogen-bond donors (Lipinski definition) is 1. The van der Waals surface area contributed by atoms with Crippen LogP contribution in [0.5, 0.6) is 0 Å². The third kappa shape index (κ3) is 3.43. The third-order valence-corrected chi connectivity index (χ3v) is 3.40. The van der Waals surface area contributed by atoms with Crippen LogP contribution in [-0.2, 0) is 9.59 Å². The fourth-order valence-corrected chi connectivity index (χ4v) is 1.93. The molecule has 0 bridgehead atoms. The van der Waals surface area contributed by atoms with Gasteiger partial charge in [-0.05, 0) is 26.2 Å². The Morgan fingerprint density at radius 2 is 1.88 bits per heavy atom.